The van der Waals surface area contributed by atoms with Crippen LogP contribution in [0.2, 0.25) is 0 Å². The van der Waals surface area contributed by atoms with Crippen LogP contribution in [0.3, 0.4) is 0 Å². The normalized spacial score (nSPS) is 19.6. The lowest BCUT2D eigenvalue weighted by molar-refractivity contribution is -0.147. The molecule has 4 heteroatoms. The molecule has 0 bridgehead atoms. The molecule has 19 heavy (non-hydrogen) atoms. The van der Waals surface area contributed by atoms with Crippen LogP contribution in [0, 0.1) is 5.92 Å². The first kappa shape index (κ1) is 16.4. The van der Waals surface area contributed by atoms with Gasteiger partial charge in [-0.15, -0.1) is 0 Å². The van der Waals surface area contributed by atoms with Crippen molar-refractivity contribution in [1.29, 1.82) is 0 Å². The van der Waals surface area contributed by atoms with E-state index < -0.39 is 0 Å². The molecule has 1 heterocycles. The highest BCUT2D eigenvalue weighted by Crippen LogP contribution is 2.16. The van der Waals surface area contributed by atoms with E-state index >= 15 is 0 Å². The largest absolute Gasteiger partial charge is 0.464 e. The lowest BCUT2D eigenvalue weighted by atomic mass is 9.98. The zero-order valence-corrected chi connectivity index (χ0v) is 12.9. The monoisotopic (exact) mass is 270 g/mol. The molecule has 1 unspecified atom stereocenters. The third-order valence-corrected chi connectivity index (χ3v) is 4.12. The average molecular weight is 270 g/mol. The van der Waals surface area contributed by atoms with Gasteiger partial charge in [-0.25, -0.2) is 0 Å². The Morgan fingerprint density at radius 2 is 1.89 bits per heavy atom. The van der Waals surface area contributed by atoms with Crippen LogP contribution in [0.5, 0.6) is 0 Å². The van der Waals surface area contributed by atoms with Gasteiger partial charge in [-0.05, 0) is 58.7 Å². The number of nitrogens with one attached hydrogen (secondary N) is 1. The van der Waals surface area contributed by atoms with E-state index in [9.17, 15) is 4.79 Å². The lowest BCUT2D eigenvalue weighted by Gasteiger charge is -2.29. The Morgan fingerprint density at radius 3 is 2.42 bits per heavy atom. The van der Waals surface area contributed by atoms with Gasteiger partial charge in [-0.3, -0.25) is 4.79 Å². The highest BCUT2D eigenvalue weighted by Gasteiger charge is 2.21. The van der Waals surface area contributed by atoms with Crippen LogP contribution in [-0.2, 0) is 9.53 Å². The van der Waals surface area contributed by atoms with E-state index in [0.717, 1.165) is 38.8 Å². The number of piperidine rings is 1. The molecule has 0 saturated carbocycles. The van der Waals surface area contributed by atoms with Gasteiger partial charge in [0, 0.05) is 6.04 Å². The minimum Gasteiger partial charge on any atom is -0.464 e. The fraction of sp³-hybridized carbons (Fsp3) is 0.933. The van der Waals surface area contributed by atoms with Crippen molar-refractivity contribution in [2.45, 2.75) is 58.5 Å². The number of carbonyl (C=O) groups excluding carboxylic acids is 1. The van der Waals surface area contributed by atoms with Gasteiger partial charge >= 0.3 is 5.97 Å². The summed E-state index contributed by atoms with van der Waals surface area (Å²) in [6.45, 7) is 8.99. The number of rotatable bonds is 7. The highest BCUT2D eigenvalue weighted by molar-refractivity contribution is 5.75. The van der Waals surface area contributed by atoms with E-state index in [1.165, 1.54) is 0 Å². The number of likely N-dealkylation sites (tertiary alicyclic amines) is 1. The van der Waals surface area contributed by atoms with E-state index in [1.807, 2.05) is 6.92 Å². The third kappa shape index (κ3) is 5.91. The molecule has 0 amide bonds. The van der Waals surface area contributed by atoms with Gasteiger partial charge in [0.2, 0.25) is 0 Å². The maximum atomic E-state index is 11.9. The van der Waals surface area contributed by atoms with Gasteiger partial charge in [0.15, 0.2) is 0 Å². The standard InChI is InChI=1S/C15H30N2O2/c1-5-14(6-2)16-12(3)15(18)19-11-13-7-9-17(4)10-8-13/h12-14,16H,5-11H2,1-4H3. The molecule has 0 aromatic heterocycles. The van der Waals surface area contributed by atoms with Gasteiger partial charge in [-0.1, -0.05) is 13.8 Å². The topological polar surface area (TPSA) is 41.6 Å². The number of carbonyl (C=O) groups is 1. The van der Waals surface area contributed by atoms with E-state index in [2.05, 4.69) is 31.1 Å². The van der Waals surface area contributed by atoms with Crippen molar-refractivity contribution in [1.82, 2.24) is 10.2 Å². The van der Waals surface area contributed by atoms with Crippen molar-refractivity contribution >= 4 is 5.97 Å². The zero-order chi connectivity index (χ0) is 14.3. The minimum atomic E-state index is -0.198. The summed E-state index contributed by atoms with van der Waals surface area (Å²) in [7, 11) is 2.14. The van der Waals surface area contributed by atoms with Crippen LogP contribution >= 0.6 is 0 Å². The SMILES string of the molecule is CCC(CC)NC(C)C(=O)OCC1CCN(C)CC1. The Hall–Kier alpha value is -0.610. The quantitative estimate of drug-likeness (QED) is 0.719. The van der Waals surface area contributed by atoms with Crippen LogP contribution in [0.1, 0.15) is 46.5 Å². The molecule has 0 aromatic rings. The average Bonchev–Trinajstić information content (AvgIpc) is 2.43. The van der Waals surface area contributed by atoms with Crippen LogP contribution < -0.4 is 5.32 Å². The molecule has 0 spiro atoms. The molecular weight excluding hydrogens is 240 g/mol. The number of hydrogen-bond donors (Lipinski definition) is 1. The van der Waals surface area contributed by atoms with Crippen LogP contribution in [0.25, 0.3) is 0 Å². The molecule has 1 aliphatic heterocycles. The molecule has 0 aliphatic carbocycles. The smallest absolute Gasteiger partial charge is 0.322 e. The molecule has 1 atom stereocenters. The summed E-state index contributed by atoms with van der Waals surface area (Å²) >= 11 is 0. The van der Waals surface area contributed by atoms with Crippen molar-refractivity contribution in [2.24, 2.45) is 5.92 Å². The molecular formula is C15H30N2O2. The molecule has 112 valence electrons. The van der Waals surface area contributed by atoms with Crippen molar-refractivity contribution in [2.75, 3.05) is 26.7 Å². The van der Waals surface area contributed by atoms with Crippen LogP contribution in [0.4, 0.5) is 0 Å². The Balaban J connectivity index is 2.22. The van der Waals surface area contributed by atoms with Gasteiger partial charge in [0.1, 0.15) is 6.04 Å². The first-order chi connectivity index (χ1) is 9.06. The summed E-state index contributed by atoms with van der Waals surface area (Å²) in [5.74, 6) is 0.436. The number of hydrogen-bond acceptors (Lipinski definition) is 4. The summed E-state index contributed by atoms with van der Waals surface area (Å²) in [4.78, 5) is 14.3. The predicted molar refractivity (Wildman–Crippen MR) is 78.1 cm³/mol. The maximum absolute atomic E-state index is 11.9. The Kier molecular flexibility index (Phi) is 7.39. The summed E-state index contributed by atoms with van der Waals surface area (Å²) in [5.41, 5.74) is 0. The third-order valence-electron chi connectivity index (χ3n) is 4.12. The molecule has 4 nitrogen and oxygen atoms in total. The van der Waals surface area contributed by atoms with Crippen LogP contribution in [-0.4, -0.2) is 49.7 Å². The van der Waals surface area contributed by atoms with Gasteiger partial charge in [0.25, 0.3) is 0 Å². The van der Waals surface area contributed by atoms with E-state index in [0.29, 0.717) is 18.6 Å². The van der Waals surface area contributed by atoms with Crippen molar-refractivity contribution in [3.63, 3.8) is 0 Å². The van der Waals surface area contributed by atoms with E-state index in [-0.39, 0.29) is 12.0 Å². The molecule has 1 aliphatic rings. The zero-order valence-electron chi connectivity index (χ0n) is 12.9. The lowest BCUT2D eigenvalue weighted by Crippen LogP contribution is -2.42. The molecule has 1 saturated heterocycles. The van der Waals surface area contributed by atoms with Crippen LogP contribution in [0.15, 0.2) is 0 Å². The minimum absolute atomic E-state index is 0.106. The Bertz CT molecular complexity index is 259. The highest BCUT2D eigenvalue weighted by atomic mass is 16.5. The second-order valence-electron chi connectivity index (χ2n) is 5.78. The van der Waals surface area contributed by atoms with Crippen molar-refractivity contribution < 1.29 is 9.53 Å². The Labute approximate surface area is 117 Å². The number of nitrogens with zero attached hydrogens (tertiary/aromatic N) is 1. The second kappa shape index (κ2) is 8.54. The first-order valence-corrected chi connectivity index (χ1v) is 7.68. The second-order valence-corrected chi connectivity index (χ2v) is 5.78. The molecule has 0 aromatic carbocycles. The molecule has 0 radical (unpaired) electrons. The van der Waals surface area contributed by atoms with Gasteiger partial charge in [0.05, 0.1) is 6.61 Å². The Morgan fingerprint density at radius 1 is 1.32 bits per heavy atom. The summed E-state index contributed by atoms with van der Waals surface area (Å²) in [5, 5.41) is 3.33. The molecule has 1 rings (SSSR count). The first-order valence-electron chi connectivity index (χ1n) is 7.68. The predicted octanol–water partition coefficient (Wildman–Crippen LogP) is 2.04. The number of esters is 1. The summed E-state index contributed by atoms with van der Waals surface area (Å²) in [6, 6.07) is 0.210. The molecule has 1 fully saturated rings. The van der Waals surface area contributed by atoms with Gasteiger partial charge < -0.3 is 15.0 Å². The van der Waals surface area contributed by atoms with Gasteiger partial charge in [-0.2, -0.15) is 0 Å². The number of ether oxygens (including phenoxy) is 1. The van der Waals surface area contributed by atoms with Crippen molar-refractivity contribution in [3.8, 4) is 0 Å². The fourth-order valence-electron chi connectivity index (χ4n) is 2.50. The van der Waals surface area contributed by atoms with E-state index in [1.54, 1.807) is 0 Å². The fourth-order valence-corrected chi connectivity index (χ4v) is 2.50. The van der Waals surface area contributed by atoms with Crippen molar-refractivity contribution in [3.05, 3.63) is 0 Å². The molecule has 1 N–H and O–H groups in total. The summed E-state index contributed by atoms with van der Waals surface area (Å²) in [6.07, 6.45) is 4.36. The summed E-state index contributed by atoms with van der Waals surface area (Å²) < 4.78 is 5.45. The maximum Gasteiger partial charge on any atom is 0.322 e. The van der Waals surface area contributed by atoms with E-state index in [4.69, 9.17) is 4.74 Å².